The summed E-state index contributed by atoms with van der Waals surface area (Å²) in [6.45, 7) is 14.1. The molecule has 2 aromatic rings. The lowest BCUT2D eigenvalue weighted by Gasteiger charge is -2.36. The highest BCUT2D eigenvalue weighted by molar-refractivity contribution is 7.17. The zero-order valence-electron chi connectivity index (χ0n) is 17.8. The van der Waals surface area contributed by atoms with Crippen LogP contribution >= 0.6 is 11.3 Å². The molecule has 0 saturated carbocycles. The minimum atomic E-state index is 0.101. The highest BCUT2D eigenvalue weighted by Gasteiger charge is 2.27. The SMILES string of the molecule is COc1ccc(C(C)C)cc1-c1nc(C)c(C(=O)N2CCN(C(C)C)CC2)s1. The van der Waals surface area contributed by atoms with Crippen molar-refractivity contribution < 1.29 is 9.53 Å². The lowest BCUT2D eigenvalue weighted by molar-refractivity contribution is 0.0599. The molecule has 0 bridgehead atoms. The van der Waals surface area contributed by atoms with Crippen LogP contribution in [0.15, 0.2) is 18.2 Å². The molecule has 152 valence electrons. The summed E-state index contributed by atoms with van der Waals surface area (Å²) in [7, 11) is 1.68. The molecule has 0 aliphatic carbocycles. The number of nitrogens with zero attached hydrogens (tertiary/aromatic N) is 3. The van der Waals surface area contributed by atoms with Crippen molar-refractivity contribution in [1.82, 2.24) is 14.8 Å². The minimum absolute atomic E-state index is 0.101. The second-order valence-electron chi connectivity index (χ2n) is 7.97. The summed E-state index contributed by atoms with van der Waals surface area (Å²) in [6, 6.07) is 6.74. The van der Waals surface area contributed by atoms with Crippen molar-refractivity contribution in [3.63, 3.8) is 0 Å². The van der Waals surface area contributed by atoms with Gasteiger partial charge in [-0.25, -0.2) is 4.98 Å². The normalized spacial score (nSPS) is 15.5. The molecule has 5 nitrogen and oxygen atoms in total. The van der Waals surface area contributed by atoms with E-state index in [9.17, 15) is 4.79 Å². The van der Waals surface area contributed by atoms with E-state index >= 15 is 0 Å². The fraction of sp³-hybridized carbons (Fsp3) is 0.545. The van der Waals surface area contributed by atoms with Crippen LogP contribution in [0.5, 0.6) is 5.75 Å². The Morgan fingerprint density at radius 1 is 1.14 bits per heavy atom. The zero-order valence-corrected chi connectivity index (χ0v) is 18.6. The van der Waals surface area contributed by atoms with Crippen molar-refractivity contribution in [3.8, 4) is 16.3 Å². The van der Waals surface area contributed by atoms with Crippen LogP contribution in [0.1, 0.15) is 54.5 Å². The molecule has 3 rings (SSSR count). The van der Waals surface area contributed by atoms with Gasteiger partial charge in [0.1, 0.15) is 15.6 Å². The van der Waals surface area contributed by atoms with E-state index in [-0.39, 0.29) is 5.91 Å². The molecule has 0 radical (unpaired) electrons. The first-order chi connectivity index (χ1) is 13.3. The van der Waals surface area contributed by atoms with Crippen LogP contribution in [0.25, 0.3) is 10.6 Å². The number of piperazine rings is 1. The quantitative estimate of drug-likeness (QED) is 0.744. The molecule has 0 N–H and O–H groups in total. The highest BCUT2D eigenvalue weighted by Crippen LogP contribution is 2.37. The van der Waals surface area contributed by atoms with E-state index in [0.29, 0.717) is 12.0 Å². The topological polar surface area (TPSA) is 45.7 Å². The van der Waals surface area contributed by atoms with Crippen molar-refractivity contribution in [2.75, 3.05) is 33.3 Å². The van der Waals surface area contributed by atoms with Gasteiger partial charge in [0.15, 0.2) is 0 Å². The number of rotatable bonds is 5. The molecule has 1 aromatic carbocycles. The number of carbonyl (C=O) groups excluding carboxylic acids is 1. The van der Waals surface area contributed by atoms with Gasteiger partial charge in [-0.3, -0.25) is 9.69 Å². The number of aromatic nitrogens is 1. The third-order valence-electron chi connectivity index (χ3n) is 5.44. The first-order valence-corrected chi connectivity index (χ1v) is 10.8. The van der Waals surface area contributed by atoms with Crippen LogP contribution in [-0.2, 0) is 0 Å². The van der Waals surface area contributed by atoms with Gasteiger partial charge in [0.2, 0.25) is 0 Å². The Kier molecular flexibility index (Phi) is 6.40. The molecule has 28 heavy (non-hydrogen) atoms. The summed E-state index contributed by atoms with van der Waals surface area (Å²) in [4.78, 5) is 23.0. The number of amides is 1. The Labute approximate surface area is 172 Å². The Morgan fingerprint density at radius 3 is 2.39 bits per heavy atom. The third-order valence-corrected chi connectivity index (χ3v) is 6.62. The second-order valence-corrected chi connectivity index (χ2v) is 8.97. The molecule has 0 spiro atoms. The van der Waals surface area contributed by atoms with E-state index < -0.39 is 0 Å². The monoisotopic (exact) mass is 401 g/mol. The first kappa shape index (κ1) is 20.8. The van der Waals surface area contributed by atoms with Crippen LogP contribution in [0.3, 0.4) is 0 Å². The summed E-state index contributed by atoms with van der Waals surface area (Å²) in [5, 5.41) is 0.848. The number of thiazole rings is 1. The summed E-state index contributed by atoms with van der Waals surface area (Å²) in [5.74, 6) is 1.32. The zero-order chi connectivity index (χ0) is 20.4. The summed E-state index contributed by atoms with van der Waals surface area (Å²) < 4.78 is 5.56. The maximum Gasteiger partial charge on any atom is 0.265 e. The van der Waals surface area contributed by atoms with Crippen molar-refractivity contribution in [2.45, 2.75) is 46.6 Å². The van der Waals surface area contributed by atoms with E-state index in [1.807, 2.05) is 17.9 Å². The van der Waals surface area contributed by atoms with E-state index in [0.717, 1.165) is 53.1 Å². The van der Waals surface area contributed by atoms with Crippen LogP contribution in [-0.4, -0.2) is 60.0 Å². The molecule has 1 fully saturated rings. The molecule has 1 aliphatic rings. The predicted octanol–water partition coefficient (Wildman–Crippen LogP) is 4.42. The molecule has 1 aromatic heterocycles. The summed E-state index contributed by atoms with van der Waals surface area (Å²) in [5.41, 5.74) is 3.00. The van der Waals surface area contributed by atoms with Crippen LogP contribution in [0.2, 0.25) is 0 Å². The van der Waals surface area contributed by atoms with Crippen molar-refractivity contribution in [2.24, 2.45) is 0 Å². The number of hydrogen-bond donors (Lipinski definition) is 0. The first-order valence-electron chi connectivity index (χ1n) is 10.0. The Hall–Kier alpha value is -1.92. The fourth-order valence-corrected chi connectivity index (χ4v) is 4.60. The molecule has 0 unspecified atom stereocenters. The molecule has 1 amide bonds. The summed E-state index contributed by atoms with van der Waals surface area (Å²) in [6.07, 6.45) is 0. The van der Waals surface area contributed by atoms with E-state index in [1.165, 1.54) is 16.9 Å². The lowest BCUT2D eigenvalue weighted by atomic mass is 10.0. The third kappa shape index (κ3) is 4.23. The van der Waals surface area contributed by atoms with Gasteiger partial charge < -0.3 is 9.64 Å². The van der Waals surface area contributed by atoms with Crippen molar-refractivity contribution >= 4 is 17.2 Å². The molecule has 1 aliphatic heterocycles. The molecule has 1 saturated heterocycles. The average molecular weight is 402 g/mol. The predicted molar refractivity (Wildman–Crippen MR) is 116 cm³/mol. The van der Waals surface area contributed by atoms with Gasteiger partial charge in [-0.05, 0) is 44.4 Å². The lowest BCUT2D eigenvalue weighted by Crippen LogP contribution is -2.50. The van der Waals surface area contributed by atoms with Crippen molar-refractivity contribution in [1.29, 1.82) is 0 Å². The fourth-order valence-electron chi connectivity index (χ4n) is 3.55. The van der Waals surface area contributed by atoms with Gasteiger partial charge in [0.25, 0.3) is 5.91 Å². The number of aryl methyl sites for hydroxylation is 1. The minimum Gasteiger partial charge on any atom is -0.496 e. The summed E-state index contributed by atoms with van der Waals surface area (Å²) >= 11 is 1.48. The van der Waals surface area contributed by atoms with E-state index in [1.54, 1.807) is 7.11 Å². The molecule has 2 heterocycles. The molecule has 6 heteroatoms. The molecular formula is C22H31N3O2S. The Morgan fingerprint density at radius 2 is 1.82 bits per heavy atom. The number of ether oxygens (including phenoxy) is 1. The largest absolute Gasteiger partial charge is 0.496 e. The number of benzene rings is 1. The second kappa shape index (κ2) is 8.62. The molecule has 0 atom stereocenters. The van der Waals surface area contributed by atoms with Gasteiger partial charge in [-0.1, -0.05) is 19.9 Å². The number of methoxy groups -OCH3 is 1. The maximum absolute atomic E-state index is 13.1. The van der Waals surface area contributed by atoms with Gasteiger partial charge in [-0.2, -0.15) is 0 Å². The van der Waals surface area contributed by atoms with Crippen LogP contribution < -0.4 is 4.74 Å². The Bertz CT molecular complexity index is 836. The van der Waals surface area contributed by atoms with E-state index in [2.05, 4.69) is 44.7 Å². The van der Waals surface area contributed by atoms with Gasteiger partial charge >= 0.3 is 0 Å². The highest BCUT2D eigenvalue weighted by atomic mass is 32.1. The molecular weight excluding hydrogens is 370 g/mol. The maximum atomic E-state index is 13.1. The van der Waals surface area contributed by atoms with Gasteiger partial charge in [0.05, 0.1) is 18.4 Å². The average Bonchev–Trinajstić information content (AvgIpc) is 3.08. The van der Waals surface area contributed by atoms with Gasteiger partial charge in [-0.15, -0.1) is 11.3 Å². The number of hydrogen-bond acceptors (Lipinski definition) is 5. The van der Waals surface area contributed by atoms with Crippen LogP contribution in [0, 0.1) is 6.92 Å². The van der Waals surface area contributed by atoms with Crippen molar-refractivity contribution in [3.05, 3.63) is 34.3 Å². The standard InChI is InChI=1S/C22H31N3O2S/c1-14(2)17-7-8-19(27-6)18(13-17)21-23-16(5)20(28-21)22(26)25-11-9-24(10-12-25)15(3)4/h7-8,13-15H,9-12H2,1-6H3. The van der Waals surface area contributed by atoms with Crippen LogP contribution in [0.4, 0.5) is 0 Å². The Balaban J connectivity index is 1.86. The smallest absolute Gasteiger partial charge is 0.265 e. The van der Waals surface area contributed by atoms with E-state index in [4.69, 9.17) is 9.72 Å². The number of carbonyl (C=O) groups is 1. The van der Waals surface area contributed by atoms with Gasteiger partial charge in [0, 0.05) is 32.2 Å².